The topological polar surface area (TPSA) is 75.6 Å². The predicted octanol–water partition coefficient (Wildman–Crippen LogP) is 4.69. The molecule has 0 aliphatic carbocycles. The van der Waals surface area contributed by atoms with Gasteiger partial charge in [0.25, 0.3) is 0 Å². The first-order chi connectivity index (χ1) is 12.1. The number of hydrogen-bond donors (Lipinski definition) is 1. The second-order valence-corrected chi connectivity index (χ2v) is 6.31. The Morgan fingerprint density at radius 1 is 1.00 bits per heavy atom. The van der Waals surface area contributed by atoms with E-state index in [0.717, 1.165) is 6.42 Å². The van der Waals surface area contributed by atoms with Crippen LogP contribution in [-0.4, -0.2) is 9.97 Å². The molecule has 0 atom stereocenters. The molecule has 0 unspecified atom stereocenters. The number of nitriles is 1. The Morgan fingerprint density at radius 2 is 1.76 bits per heavy atom. The molecular formula is C19H14Cl2N4. The van der Waals surface area contributed by atoms with Gasteiger partial charge in [-0.2, -0.15) is 5.26 Å². The van der Waals surface area contributed by atoms with Crippen LogP contribution in [0.5, 0.6) is 0 Å². The second-order valence-electron chi connectivity index (χ2n) is 5.47. The summed E-state index contributed by atoms with van der Waals surface area (Å²) in [6, 6.07) is 17.1. The summed E-state index contributed by atoms with van der Waals surface area (Å²) in [6.45, 7) is 0. The molecule has 0 amide bonds. The van der Waals surface area contributed by atoms with Gasteiger partial charge in [0, 0.05) is 17.0 Å². The van der Waals surface area contributed by atoms with Gasteiger partial charge in [-0.1, -0.05) is 53.5 Å². The smallest absolute Gasteiger partial charge is 0.145 e. The largest absolute Gasteiger partial charge is 0.382 e. The van der Waals surface area contributed by atoms with Crippen molar-refractivity contribution < 1.29 is 0 Å². The summed E-state index contributed by atoms with van der Waals surface area (Å²) in [5.74, 6) is 0.725. The average molecular weight is 369 g/mol. The zero-order chi connectivity index (χ0) is 17.8. The molecular weight excluding hydrogens is 355 g/mol. The van der Waals surface area contributed by atoms with Crippen LogP contribution in [0.4, 0.5) is 5.82 Å². The molecule has 2 aromatic carbocycles. The number of halogens is 2. The van der Waals surface area contributed by atoms with Crippen LogP contribution >= 0.6 is 23.2 Å². The summed E-state index contributed by atoms with van der Waals surface area (Å²) in [7, 11) is 0. The third-order valence-corrected chi connectivity index (χ3v) is 4.31. The minimum atomic E-state index is 0.154. The highest BCUT2D eigenvalue weighted by Gasteiger charge is 2.16. The SMILES string of the molecule is N#Cc1c(N)nc(CCc2ccccc2)nc1-c1ccc(Cl)cc1Cl. The molecule has 1 heterocycles. The third kappa shape index (κ3) is 3.90. The number of rotatable bonds is 4. The lowest BCUT2D eigenvalue weighted by Crippen LogP contribution is -2.07. The van der Waals surface area contributed by atoms with Gasteiger partial charge in [0.2, 0.25) is 0 Å². The lowest BCUT2D eigenvalue weighted by atomic mass is 10.1. The molecule has 3 aromatic rings. The first-order valence-corrected chi connectivity index (χ1v) is 8.40. The quantitative estimate of drug-likeness (QED) is 0.724. The van der Waals surface area contributed by atoms with Gasteiger partial charge in [-0.3, -0.25) is 0 Å². The summed E-state index contributed by atoms with van der Waals surface area (Å²) in [5.41, 5.74) is 8.41. The van der Waals surface area contributed by atoms with Crippen molar-refractivity contribution in [1.29, 1.82) is 5.26 Å². The summed E-state index contributed by atoms with van der Waals surface area (Å²) < 4.78 is 0. The number of nitrogen functional groups attached to an aromatic ring is 1. The number of aryl methyl sites for hydroxylation is 2. The number of hydrogen-bond acceptors (Lipinski definition) is 4. The Hall–Kier alpha value is -2.61. The normalized spacial score (nSPS) is 10.4. The van der Waals surface area contributed by atoms with Crippen LogP contribution in [-0.2, 0) is 12.8 Å². The van der Waals surface area contributed by atoms with E-state index in [2.05, 4.69) is 16.0 Å². The third-order valence-electron chi connectivity index (χ3n) is 3.76. The lowest BCUT2D eigenvalue weighted by Gasteiger charge is -2.10. The van der Waals surface area contributed by atoms with Gasteiger partial charge in [-0.05, 0) is 30.2 Å². The van der Waals surface area contributed by atoms with Gasteiger partial charge < -0.3 is 5.73 Å². The van der Waals surface area contributed by atoms with Crippen molar-refractivity contribution in [3.8, 4) is 17.3 Å². The van der Waals surface area contributed by atoms with Crippen LogP contribution in [0, 0.1) is 11.3 Å². The second kappa shape index (κ2) is 7.52. The zero-order valence-corrected chi connectivity index (χ0v) is 14.7. The van der Waals surface area contributed by atoms with Crippen molar-refractivity contribution >= 4 is 29.0 Å². The van der Waals surface area contributed by atoms with Crippen molar-refractivity contribution in [1.82, 2.24) is 9.97 Å². The molecule has 0 radical (unpaired) electrons. The van der Waals surface area contributed by atoms with Crippen LogP contribution < -0.4 is 5.73 Å². The molecule has 25 heavy (non-hydrogen) atoms. The first kappa shape index (κ1) is 17.2. The molecule has 0 saturated heterocycles. The van der Waals surface area contributed by atoms with Crippen molar-refractivity contribution in [3.63, 3.8) is 0 Å². The van der Waals surface area contributed by atoms with E-state index in [1.165, 1.54) is 5.56 Å². The number of nitrogens with zero attached hydrogens (tertiary/aromatic N) is 3. The molecule has 1 aromatic heterocycles. The Kier molecular flexibility index (Phi) is 5.18. The van der Waals surface area contributed by atoms with E-state index in [1.807, 2.05) is 30.3 Å². The standard InChI is InChI=1S/C19H14Cl2N4/c20-13-7-8-14(16(21)10-13)18-15(11-22)19(23)25-17(24-18)9-6-12-4-2-1-3-5-12/h1-5,7-8,10H,6,9H2,(H2,23,24,25). The van der Waals surface area contributed by atoms with E-state index < -0.39 is 0 Å². The Bertz CT molecular complexity index is 950. The zero-order valence-electron chi connectivity index (χ0n) is 13.2. The van der Waals surface area contributed by atoms with Crippen LogP contribution in [0.1, 0.15) is 17.0 Å². The van der Waals surface area contributed by atoms with E-state index in [-0.39, 0.29) is 11.4 Å². The fraction of sp³-hybridized carbons (Fsp3) is 0.105. The Labute approximate surface area is 155 Å². The highest BCUT2D eigenvalue weighted by atomic mass is 35.5. The molecule has 3 rings (SSSR count). The number of nitrogens with two attached hydrogens (primary N) is 1. The Balaban J connectivity index is 1.99. The van der Waals surface area contributed by atoms with Gasteiger partial charge in [-0.15, -0.1) is 0 Å². The molecule has 6 heteroatoms. The summed E-state index contributed by atoms with van der Waals surface area (Å²) in [4.78, 5) is 8.81. The maximum Gasteiger partial charge on any atom is 0.145 e. The Morgan fingerprint density at radius 3 is 2.44 bits per heavy atom. The monoisotopic (exact) mass is 368 g/mol. The summed E-state index contributed by atoms with van der Waals surface area (Å²) in [6.07, 6.45) is 1.39. The molecule has 0 fully saturated rings. The summed E-state index contributed by atoms with van der Waals surface area (Å²) >= 11 is 12.2. The maximum absolute atomic E-state index is 9.43. The van der Waals surface area contributed by atoms with Gasteiger partial charge in [-0.25, -0.2) is 9.97 Å². The number of aromatic nitrogens is 2. The highest BCUT2D eigenvalue weighted by Crippen LogP contribution is 2.32. The molecule has 0 saturated carbocycles. The average Bonchev–Trinajstić information content (AvgIpc) is 2.60. The minimum Gasteiger partial charge on any atom is -0.382 e. The van der Waals surface area contributed by atoms with Gasteiger partial charge >= 0.3 is 0 Å². The molecule has 4 nitrogen and oxygen atoms in total. The van der Waals surface area contributed by atoms with E-state index in [9.17, 15) is 5.26 Å². The fourth-order valence-corrected chi connectivity index (χ4v) is 3.02. The van der Waals surface area contributed by atoms with Crippen LogP contribution in [0.2, 0.25) is 10.0 Å². The minimum absolute atomic E-state index is 0.154. The van der Waals surface area contributed by atoms with Crippen LogP contribution in [0.25, 0.3) is 11.3 Å². The maximum atomic E-state index is 9.43. The van der Waals surface area contributed by atoms with Crippen LogP contribution in [0.3, 0.4) is 0 Å². The van der Waals surface area contributed by atoms with Crippen molar-refractivity contribution in [2.45, 2.75) is 12.8 Å². The lowest BCUT2D eigenvalue weighted by molar-refractivity contribution is 0.862. The van der Waals surface area contributed by atoms with Crippen LogP contribution in [0.15, 0.2) is 48.5 Å². The van der Waals surface area contributed by atoms with Gasteiger partial charge in [0.1, 0.15) is 23.3 Å². The molecule has 0 spiro atoms. The molecule has 0 bridgehead atoms. The first-order valence-electron chi connectivity index (χ1n) is 7.64. The van der Waals surface area contributed by atoms with Gasteiger partial charge in [0.05, 0.1) is 10.7 Å². The van der Waals surface area contributed by atoms with Crippen molar-refractivity contribution in [3.05, 3.63) is 75.5 Å². The highest BCUT2D eigenvalue weighted by molar-refractivity contribution is 6.36. The van der Waals surface area contributed by atoms with Crippen molar-refractivity contribution in [2.24, 2.45) is 0 Å². The van der Waals surface area contributed by atoms with Gasteiger partial charge in [0.15, 0.2) is 0 Å². The summed E-state index contributed by atoms with van der Waals surface area (Å²) in [5, 5.41) is 10.4. The molecule has 0 aliphatic rings. The number of benzene rings is 2. The van der Waals surface area contributed by atoms with E-state index in [4.69, 9.17) is 28.9 Å². The fourth-order valence-electron chi connectivity index (χ4n) is 2.53. The van der Waals surface area contributed by atoms with E-state index in [0.29, 0.717) is 33.5 Å². The van der Waals surface area contributed by atoms with Crippen molar-refractivity contribution in [2.75, 3.05) is 5.73 Å². The molecule has 0 aliphatic heterocycles. The predicted molar refractivity (Wildman–Crippen MR) is 100 cm³/mol. The molecule has 2 N–H and O–H groups in total. The van der Waals surface area contributed by atoms with E-state index >= 15 is 0 Å². The number of anilines is 1. The molecule has 124 valence electrons. The van der Waals surface area contributed by atoms with E-state index in [1.54, 1.807) is 18.2 Å².